The number of hydrogen-bond donors (Lipinski definition) is 1. The van der Waals surface area contributed by atoms with Gasteiger partial charge < -0.3 is 10.1 Å². The predicted molar refractivity (Wildman–Crippen MR) is 87.2 cm³/mol. The van der Waals surface area contributed by atoms with E-state index in [0.717, 1.165) is 45.1 Å². The zero-order valence-corrected chi connectivity index (χ0v) is 13.5. The fourth-order valence-electron chi connectivity index (χ4n) is 4.16. The summed E-state index contributed by atoms with van der Waals surface area (Å²) in [5.74, 6) is 0.571. The Bertz CT molecular complexity index is 553. The van der Waals surface area contributed by atoms with Crippen molar-refractivity contribution < 1.29 is 9.53 Å². The summed E-state index contributed by atoms with van der Waals surface area (Å²) in [6.07, 6.45) is 9.56. The molecule has 1 aromatic heterocycles. The van der Waals surface area contributed by atoms with Gasteiger partial charge in [0, 0.05) is 50.2 Å². The number of likely N-dealkylation sites (tertiary alicyclic amines) is 1. The van der Waals surface area contributed by atoms with Gasteiger partial charge in [0.25, 0.3) is 5.91 Å². The Morgan fingerprint density at radius 3 is 2.78 bits per heavy atom. The summed E-state index contributed by atoms with van der Waals surface area (Å²) in [4.78, 5) is 18.6. The standard InChI is InChI=1S/C18H25N3O2/c22-17(14-4-8-19-9-5-14)20-10-6-15-7-11-23-18(15)12-21(13-18)16-2-1-3-16/h4-5,8-9,15-16H,1-3,6-7,10-13H2,(H,20,22). The molecule has 4 rings (SSSR count). The Hall–Kier alpha value is -1.46. The summed E-state index contributed by atoms with van der Waals surface area (Å²) in [6.45, 7) is 3.79. The van der Waals surface area contributed by atoms with Crippen LogP contribution in [0.1, 0.15) is 42.5 Å². The maximum atomic E-state index is 12.1. The van der Waals surface area contributed by atoms with Crippen molar-refractivity contribution in [3.8, 4) is 0 Å². The highest BCUT2D eigenvalue weighted by molar-refractivity contribution is 5.93. The molecule has 0 aromatic carbocycles. The van der Waals surface area contributed by atoms with Gasteiger partial charge in [-0.15, -0.1) is 0 Å². The highest BCUT2D eigenvalue weighted by Crippen LogP contribution is 2.44. The minimum atomic E-state index is -0.00920. The van der Waals surface area contributed by atoms with E-state index in [1.807, 2.05) is 0 Å². The number of hydrogen-bond acceptors (Lipinski definition) is 4. The molecule has 2 saturated heterocycles. The average molecular weight is 315 g/mol. The molecule has 1 saturated carbocycles. The molecule has 5 heteroatoms. The number of nitrogens with one attached hydrogen (secondary N) is 1. The third-order valence-corrected chi connectivity index (χ3v) is 5.85. The first kappa shape index (κ1) is 15.1. The molecule has 1 unspecified atom stereocenters. The van der Waals surface area contributed by atoms with Gasteiger partial charge in [0.05, 0.1) is 5.60 Å². The largest absolute Gasteiger partial charge is 0.372 e. The topological polar surface area (TPSA) is 54.5 Å². The first-order chi connectivity index (χ1) is 11.3. The van der Waals surface area contributed by atoms with Crippen LogP contribution < -0.4 is 5.32 Å². The molecule has 23 heavy (non-hydrogen) atoms. The van der Waals surface area contributed by atoms with Crippen LogP contribution >= 0.6 is 0 Å². The van der Waals surface area contributed by atoms with Crippen molar-refractivity contribution in [2.75, 3.05) is 26.2 Å². The molecule has 1 aliphatic carbocycles. The minimum absolute atomic E-state index is 0.00920. The molecule has 5 nitrogen and oxygen atoms in total. The van der Waals surface area contributed by atoms with Crippen molar-refractivity contribution in [2.45, 2.75) is 43.7 Å². The number of aromatic nitrogens is 1. The molecule has 1 amide bonds. The summed E-state index contributed by atoms with van der Waals surface area (Å²) in [5, 5.41) is 3.03. The highest BCUT2D eigenvalue weighted by Gasteiger charge is 2.54. The summed E-state index contributed by atoms with van der Waals surface area (Å²) in [5.41, 5.74) is 0.758. The summed E-state index contributed by atoms with van der Waals surface area (Å²) < 4.78 is 6.12. The van der Waals surface area contributed by atoms with Gasteiger partial charge in [-0.05, 0) is 43.7 Å². The van der Waals surface area contributed by atoms with Gasteiger partial charge in [0.15, 0.2) is 0 Å². The van der Waals surface area contributed by atoms with Gasteiger partial charge >= 0.3 is 0 Å². The van der Waals surface area contributed by atoms with Gasteiger partial charge in [-0.1, -0.05) is 6.42 Å². The van der Waals surface area contributed by atoms with E-state index in [9.17, 15) is 4.79 Å². The van der Waals surface area contributed by atoms with Crippen LogP contribution in [0.4, 0.5) is 0 Å². The van der Waals surface area contributed by atoms with E-state index in [0.29, 0.717) is 11.5 Å². The normalized spacial score (nSPS) is 26.7. The Morgan fingerprint density at radius 2 is 2.09 bits per heavy atom. The molecule has 1 spiro atoms. The number of carbonyl (C=O) groups excluding carboxylic acids is 1. The Labute approximate surface area is 137 Å². The predicted octanol–water partition coefficient (Wildman–Crippen LogP) is 1.84. The fourth-order valence-corrected chi connectivity index (χ4v) is 4.16. The Kier molecular flexibility index (Phi) is 4.07. The van der Waals surface area contributed by atoms with Gasteiger partial charge in [0.1, 0.15) is 0 Å². The van der Waals surface area contributed by atoms with Gasteiger partial charge in [-0.3, -0.25) is 14.7 Å². The molecule has 1 aromatic rings. The van der Waals surface area contributed by atoms with Crippen LogP contribution in [0.5, 0.6) is 0 Å². The molecule has 3 heterocycles. The van der Waals surface area contributed by atoms with E-state index in [4.69, 9.17) is 4.74 Å². The van der Waals surface area contributed by atoms with E-state index in [1.54, 1.807) is 24.5 Å². The van der Waals surface area contributed by atoms with Crippen LogP contribution in [-0.2, 0) is 4.74 Å². The summed E-state index contributed by atoms with van der Waals surface area (Å²) in [6, 6.07) is 4.31. The zero-order chi connectivity index (χ0) is 15.7. The number of carbonyl (C=O) groups is 1. The summed E-state index contributed by atoms with van der Waals surface area (Å²) >= 11 is 0. The number of amides is 1. The van der Waals surface area contributed by atoms with Crippen molar-refractivity contribution in [2.24, 2.45) is 5.92 Å². The van der Waals surface area contributed by atoms with E-state index < -0.39 is 0 Å². The zero-order valence-electron chi connectivity index (χ0n) is 13.5. The molecule has 2 aliphatic heterocycles. The SMILES string of the molecule is O=C(NCCC1CCOC12CN(C1CCC1)C2)c1ccncc1. The highest BCUT2D eigenvalue weighted by atomic mass is 16.5. The van der Waals surface area contributed by atoms with Gasteiger partial charge in [-0.2, -0.15) is 0 Å². The van der Waals surface area contributed by atoms with Crippen LogP contribution in [0.3, 0.4) is 0 Å². The molecule has 3 fully saturated rings. The van der Waals surface area contributed by atoms with E-state index >= 15 is 0 Å². The van der Waals surface area contributed by atoms with Crippen LogP contribution in [0.25, 0.3) is 0 Å². The second-order valence-electron chi connectivity index (χ2n) is 7.17. The summed E-state index contributed by atoms with van der Waals surface area (Å²) in [7, 11) is 0. The van der Waals surface area contributed by atoms with Gasteiger partial charge in [0.2, 0.25) is 0 Å². The van der Waals surface area contributed by atoms with Gasteiger partial charge in [-0.25, -0.2) is 0 Å². The van der Waals surface area contributed by atoms with E-state index in [1.165, 1.54) is 19.3 Å². The number of pyridine rings is 1. The van der Waals surface area contributed by atoms with Crippen molar-refractivity contribution >= 4 is 5.91 Å². The van der Waals surface area contributed by atoms with Crippen LogP contribution in [0, 0.1) is 5.92 Å². The van der Waals surface area contributed by atoms with Crippen molar-refractivity contribution in [1.29, 1.82) is 0 Å². The molecular weight excluding hydrogens is 290 g/mol. The lowest BCUT2D eigenvalue weighted by atomic mass is 9.76. The monoisotopic (exact) mass is 315 g/mol. The molecular formula is C18H25N3O2. The average Bonchev–Trinajstić information content (AvgIpc) is 2.90. The fraction of sp³-hybridized carbons (Fsp3) is 0.667. The Morgan fingerprint density at radius 1 is 1.30 bits per heavy atom. The third-order valence-electron chi connectivity index (χ3n) is 5.85. The quantitative estimate of drug-likeness (QED) is 0.901. The minimum Gasteiger partial charge on any atom is -0.372 e. The lowest BCUT2D eigenvalue weighted by Gasteiger charge is -2.55. The van der Waals surface area contributed by atoms with Crippen molar-refractivity contribution in [3.63, 3.8) is 0 Å². The molecule has 124 valence electrons. The maximum absolute atomic E-state index is 12.1. The second kappa shape index (κ2) is 6.21. The number of nitrogens with zero attached hydrogens (tertiary/aromatic N) is 2. The van der Waals surface area contributed by atoms with Crippen LogP contribution in [0.15, 0.2) is 24.5 Å². The van der Waals surface area contributed by atoms with Crippen molar-refractivity contribution in [1.82, 2.24) is 15.2 Å². The smallest absolute Gasteiger partial charge is 0.251 e. The molecule has 0 radical (unpaired) electrons. The molecule has 1 atom stereocenters. The first-order valence-corrected chi connectivity index (χ1v) is 8.83. The molecule has 3 aliphatic rings. The van der Waals surface area contributed by atoms with Crippen molar-refractivity contribution in [3.05, 3.63) is 30.1 Å². The molecule has 1 N–H and O–H groups in total. The number of rotatable bonds is 5. The van der Waals surface area contributed by atoms with E-state index in [-0.39, 0.29) is 11.5 Å². The maximum Gasteiger partial charge on any atom is 0.251 e. The number of ether oxygens (including phenoxy) is 1. The second-order valence-corrected chi connectivity index (χ2v) is 7.17. The third kappa shape index (κ3) is 2.88. The molecule has 0 bridgehead atoms. The lowest BCUT2D eigenvalue weighted by Crippen LogP contribution is -2.68. The lowest BCUT2D eigenvalue weighted by molar-refractivity contribution is -0.156. The van der Waals surface area contributed by atoms with Crippen LogP contribution in [-0.4, -0.2) is 53.7 Å². The van der Waals surface area contributed by atoms with Crippen LogP contribution in [0.2, 0.25) is 0 Å². The Balaban J connectivity index is 1.25. The van der Waals surface area contributed by atoms with E-state index in [2.05, 4.69) is 15.2 Å². The first-order valence-electron chi connectivity index (χ1n) is 8.83.